The molecule has 1 unspecified atom stereocenters. The molecule has 88 valence electrons. The van der Waals surface area contributed by atoms with E-state index >= 15 is 0 Å². The Morgan fingerprint density at radius 1 is 1.50 bits per heavy atom. The van der Waals surface area contributed by atoms with Crippen molar-refractivity contribution in [1.82, 2.24) is 10.6 Å². The highest BCUT2D eigenvalue weighted by Gasteiger charge is 2.12. The van der Waals surface area contributed by atoms with Crippen LogP contribution in [0.15, 0.2) is 18.2 Å². The minimum Gasteiger partial charge on any atom is -0.313 e. The summed E-state index contributed by atoms with van der Waals surface area (Å²) in [5, 5.41) is 6.95. The average molecular weight is 243 g/mol. The van der Waals surface area contributed by atoms with E-state index in [1.807, 2.05) is 0 Å². The lowest BCUT2D eigenvalue weighted by molar-refractivity contribution is 0.535. The first kappa shape index (κ1) is 11.8. The average Bonchev–Trinajstić information content (AvgIpc) is 2.76. The molecule has 0 radical (unpaired) electrons. The highest BCUT2D eigenvalue weighted by atomic mass is 35.5. The zero-order valence-corrected chi connectivity index (χ0v) is 9.86. The molecule has 1 fully saturated rings. The first-order valence-corrected chi connectivity index (χ1v) is 6.01. The molecule has 16 heavy (non-hydrogen) atoms. The van der Waals surface area contributed by atoms with Crippen LogP contribution in [0.5, 0.6) is 0 Å². The molecule has 0 saturated carbocycles. The molecule has 1 aromatic carbocycles. The van der Waals surface area contributed by atoms with Gasteiger partial charge in [0.05, 0.1) is 5.02 Å². The summed E-state index contributed by atoms with van der Waals surface area (Å²) >= 11 is 5.70. The Kier molecular flexibility index (Phi) is 4.16. The number of benzene rings is 1. The van der Waals surface area contributed by atoms with Gasteiger partial charge in [-0.25, -0.2) is 4.39 Å². The van der Waals surface area contributed by atoms with E-state index in [-0.39, 0.29) is 10.8 Å². The van der Waals surface area contributed by atoms with Crippen LogP contribution in [-0.2, 0) is 6.54 Å². The summed E-state index contributed by atoms with van der Waals surface area (Å²) in [6, 6.07) is 5.42. The summed E-state index contributed by atoms with van der Waals surface area (Å²) in [6.45, 7) is 2.81. The highest BCUT2D eigenvalue weighted by Crippen LogP contribution is 2.15. The number of hydrogen-bond acceptors (Lipinski definition) is 2. The van der Waals surface area contributed by atoms with Crippen molar-refractivity contribution in [3.8, 4) is 0 Å². The molecular formula is C12H16ClFN2. The van der Waals surface area contributed by atoms with Gasteiger partial charge in [0.15, 0.2) is 0 Å². The smallest absolute Gasteiger partial charge is 0.141 e. The minimum atomic E-state index is -0.358. The fraction of sp³-hybridized carbons (Fsp3) is 0.500. The summed E-state index contributed by atoms with van der Waals surface area (Å²) in [7, 11) is 0. The zero-order chi connectivity index (χ0) is 11.4. The molecule has 2 nitrogen and oxygen atoms in total. The Labute approximate surface area is 100 Å². The van der Waals surface area contributed by atoms with Crippen molar-refractivity contribution in [3.63, 3.8) is 0 Å². The predicted molar refractivity (Wildman–Crippen MR) is 64.1 cm³/mol. The lowest BCUT2D eigenvalue weighted by atomic mass is 10.2. The van der Waals surface area contributed by atoms with Crippen molar-refractivity contribution in [1.29, 1.82) is 0 Å². The van der Waals surface area contributed by atoms with Crippen molar-refractivity contribution < 1.29 is 4.39 Å². The molecule has 1 aliphatic heterocycles. The summed E-state index contributed by atoms with van der Waals surface area (Å²) in [6.07, 6.45) is 2.49. The maximum absolute atomic E-state index is 12.9. The van der Waals surface area contributed by atoms with Gasteiger partial charge in [-0.1, -0.05) is 17.7 Å². The van der Waals surface area contributed by atoms with E-state index in [1.165, 1.54) is 18.9 Å². The Balaban J connectivity index is 1.78. The fourth-order valence-corrected chi connectivity index (χ4v) is 2.17. The normalized spacial score (nSPS) is 20.2. The van der Waals surface area contributed by atoms with Crippen molar-refractivity contribution in [3.05, 3.63) is 34.6 Å². The molecule has 0 aliphatic carbocycles. The molecule has 0 aromatic heterocycles. The van der Waals surface area contributed by atoms with E-state index in [4.69, 9.17) is 11.6 Å². The monoisotopic (exact) mass is 242 g/mol. The molecule has 0 amide bonds. The van der Waals surface area contributed by atoms with Gasteiger partial charge < -0.3 is 10.6 Å². The number of nitrogens with one attached hydrogen (secondary N) is 2. The molecule has 1 aliphatic rings. The van der Waals surface area contributed by atoms with Gasteiger partial charge in [-0.3, -0.25) is 0 Å². The third kappa shape index (κ3) is 3.17. The molecule has 1 saturated heterocycles. The van der Waals surface area contributed by atoms with Gasteiger partial charge in [-0.05, 0) is 37.1 Å². The molecule has 1 atom stereocenters. The van der Waals surface area contributed by atoms with Gasteiger partial charge in [-0.2, -0.15) is 0 Å². The maximum atomic E-state index is 12.9. The molecule has 0 bridgehead atoms. The van der Waals surface area contributed by atoms with Crippen LogP contribution < -0.4 is 10.6 Å². The van der Waals surface area contributed by atoms with Crippen molar-refractivity contribution in [2.45, 2.75) is 25.4 Å². The molecule has 0 spiro atoms. The molecule has 1 heterocycles. The molecule has 1 aromatic rings. The van der Waals surface area contributed by atoms with Gasteiger partial charge in [0.1, 0.15) is 5.82 Å². The van der Waals surface area contributed by atoms with Crippen molar-refractivity contribution in [2.24, 2.45) is 0 Å². The third-order valence-corrected chi connectivity index (χ3v) is 3.16. The number of halogens is 2. The standard InChI is InChI=1S/C12H16ClFN2/c13-11-6-9(3-4-12(11)14)7-15-8-10-2-1-5-16-10/h3-4,6,10,15-16H,1-2,5,7-8H2. The van der Waals surface area contributed by atoms with E-state index in [0.717, 1.165) is 25.2 Å². The first-order chi connectivity index (χ1) is 7.75. The molecular weight excluding hydrogens is 227 g/mol. The Bertz CT molecular complexity index is 351. The highest BCUT2D eigenvalue weighted by molar-refractivity contribution is 6.30. The minimum absolute atomic E-state index is 0.193. The predicted octanol–water partition coefficient (Wildman–Crippen LogP) is 2.32. The van der Waals surface area contributed by atoms with E-state index < -0.39 is 0 Å². The Morgan fingerprint density at radius 2 is 2.38 bits per heavy atom. The third-order valence-electron chi connectivity index (χ3n) is 2.87. The zero-order valence-electron chi connectivity index (χ0n) is 9.10. The van der Waals surface area contributed by atoms with Crippen LogP contribution in [0.1, 0.15) is 18.4 Å². The van der Waals surface area contributed by atoms with E-state index in [1.54, 1.807) is 12.1 Å². The van der Waals surface area contributed by atoms with Gasteiger partial charge in [0.2, 0.25) is 0 Å². The molecule has 4 heteroatoms. The van der Waals surface area contributed by atoms with Crippen LogP contribution in [0, 0.1) is 5.82 Å². The second-order valence-corrected chi connectivity index (χ2v) is 4.58. The first-order valence-electron chi connectivity index (χ1n) is 5.64. The Morgan fingerprint density at radius 3 is 3.06 bits per heavy atom. The SMILES string of the molecule is Fc1ccc(CNCC2CCCN2)cc1Cl. The van der Waals surface area contributed by atoms with Crippen LogP contribution in [0.2, 0.25) is 5.02 Å². The van der Waals surface area contributed by atoms with Gasteiger partial charge in [0, 0.05) is 19.1 Å². The summed E-state index contributed by atoms with van der Waals surface area (Å²) in [5.41, 5.74) is 1.02. The largest absolute Gasteiger partial charge is 0.313 e. The summed E-state index contributed by atoms with van der Waals surface area (Å²) in [5.74, 6) is -0.358. The van der Waals surface area contributed by atoms with Gasteiger partial charge in [0.25, 0.3) is 0 Å². The lowest BCUT2D eigenvalue weighted by Gasteiger charge is -2.11. The number of hydrogen-bond donors (Lipinski definition) is 2. The van der Waals surface area contributed by atoms with Crippen LogP contribution in [0.25, 0.3) is 0 Å². The van der Waals surface area contributed by atoms with Crippen LogP contribution >= 0.6 is 11.6 Å². The van der Waals surface area contributed by atoms with Crippen molar-refractivity contribution >= 4 is 11.6 Å². The van der Waals surface area contributed by atoms with E-state index in [0.29, 0.717) is 6.04 Å². The van der Waals surface area contributed by atoms with E-state index in [9.17, 15) is 4.39 Å². The van der Waals surface area contributed by atoms with E-state index in [2.05, 4.69) is 10.6 Å². The second-order valence-electron chi connectivity index (χ2n) is 4.17. The van der Waals surface area contributed by atoms with Gasteiger partial charge >= 0.3 is 0 Å². The second kappa shape index (κ2) is 5.62. The summed E-state index contributed by atoms with van der Waals surface area (Å²) in [4.78, 5) is 0. The van der Waals surface area contributed by atoms with Crippen LogP contribution in [0.3, 0.4) is 0 Å². The molecule has 2 rings (SSSR count). The Hall–Kier alpha value is -0.640. The van der Waals surface area contributed by atoms with Crippen LogP contribution in [-0.4, -0.2) is 19.1 Å². The topological polar surface area (TPSA) is 24.1 Å². The van der Waals surface area contributed by atoms with Crippen molar-refractivity contribution in [2.75, 3.05) is 13.1 Å². The number of rotatable bonds is 4. The quantitative estimate of drug-likeness (QED) is 0.847. The lowest BCUT2D eigenvalue weighted by Crippen LogP contribution is -2.33. The molecule has 2 N–H and O–H groups in total. The fourth-order valence-electron chi connectivity index (χ4n) is 1.97. The van der Waals surface area contributed by atoms with Gasteiger partial charge in [-0.15, -0.1) is 0 Å². The maximum Gasteiger partial charge on any atom is 0.141 e. The van der Waals surface area contributed by atoms with Crippen LogP contribution in [0.4, 0.5) is 4.39 Å². The summed E-state index contributed by atoms with van der Waals surface area (Å²) < 4.78 is 12.9.